The van der Waals surface area contributed by atoms with E-state index in [9.17, 15) is 0 Å². The predicted molar refractivity (Wildman–Crippen MR) is 258 cm³/mol. The molecule has 0 amide bonds. The molecule has 0 aliphatic rings. The molecule has 0 aliphatic heterocycles. The summed E-state index contributed by atoms with van der Waals surface area (Å²) in [6.45, 7) is 0. The fourth-order valence-corrected chi connectivity index (χ4v) is 9.17. The minimum Gasteiger partial charge on any atom is -0.436 e. The van der Waals surface area contributed by atoms with Crippen LogP contribution in [0.5, 0.6) is 0 Å². The summed E-state index contributed by atoms with van der Waals surface area (Å²) in [6.07, 6.45) is 0. The first-order chi connectivity index (χ1) is 30.7. The van der Waals surface area contributed by atoms with E-state index in [-0.39, 0.29) is 0 Å². The first-order valence-corrected chi connectivity index (χ1v) is 21.1. The summed E-state index contributed by atoms with van der Waals surface area (Å²) < 4.78 is 8.46. The van der Waals surface area contributed by atoms with Gasteiger partial charge in [0, 0.05) is 22.0 Å². The number of para-hydroxylation sites is 3. The van der Waals surface area contributed by atoms with Crippen molar-refractivity contribution in [3.05, 3.63) is 231 Å². The Hall–Kier alpha value is -8.27. The average molecular weight is 791 g/mol. The summed E-state index contributed by atoms with van der Waals surface area (Å²) in [5.41, 5.74) is 18.0. The number of hydrogen-bond donors (Lipinski definition) is 0. The van der Waals surface area contributed by atoms with Gasteiger partial charge in [0.15, 0.2) is 5.58 Å². The normalized spacial score (nSPS) is 11.5. The molecule has 0 saturated heterocycles. The molecule has 2 aromatic heterocycles. The van der Waals surface area contributed by atoms with Crippen LogP contribution in [-0.4, -0.2) is 9.55 Å². The van der Waals surface area contributed by atoms with Crippen LogP contribution in [0.15, 0.2) is 235 Å². The number of aromatic nitrogens is 2. The van der Waals surface area contributed by atoms with Crippen molar-refractivity contribution in [2.45, 2.75) is 0 Å². The van der Waals surface area contributed by atoms with Gasteiger partial charge in [-0.05, 0) is 127 Å². The van der Waals surface area contributed by atoms with E-state index in [1.165, 1.54) is 82.6 Å². The van der Waals surface area contributed by atoms with E-state index in [2.05, 4.69) is 211 Å². The van der Waals surface area contributed by atoms with Gasteiger partial charge in [-0.2, -0.15) is 0 Å². The minimum atomic E-state index is 0.629. The third-order valence-corrected chi connectivity index (χ3v) is 12.3. The van der Waals surface area contributed by atoms with Crippen molar-refractivity contribution in [1.29, 1.82) is 0 Å². The van der Waals surface area contributed by atoms with Crippen molar-refractivity contribution in [3.63, 3.8) is 0 Å². The fraction of sp³-hybridized carbons (Fsp3) is 0. The molecular weight excluding hydrogens is 753 g/mol. The van der Waals surface area contributed by atoms with Gasteiger partial charge in [0.1, 0.15) is 5.52 Å². The molecule has 3 heteroatoms. The van der Waals surface area contributed by atoms with Gasteiger partial charge >= 0.3 is 0 Å². The molecule has 2 heterocycles. The standard InChI is InChI=1S/C59H38N2O/c1-2-12-45-37-46(30-25-39(45)11-1)40-21-23-41(24-22-40)47-33-36-57-54(38-47)53-17-7-9-19-56(53)61(57)48-34-31-43(32-35-48)50-14-4-6-16-52(50)51-15-5-3-13-49(51)42-26-28-44(29-27-42)59-60-55-18-8-10-20-58(55)62-59/h1-38H. The lowest BCUT2D eigenvalue weighted by atomic mass is 9.89. The van der Waals surface area contributed by atoms with E-state index in [1.54, 1.807) is 0 Å². The topological polar surface area (TPSA) is 31.0 Å². The quantitative estimate of drug-likeness (QED) is 0.161. The van der Waals surface area contributed by atoms with Crippen LogP contribution in [0.3, 0.4) is 0 Å². The predicted octanol–water partition coefficient (Wildman–Crippen LogP) is 16.1. The largest absolute Gasteiger partial charge is 0.436 e. The Bertz CT molecular complexity index is 3580. The zero-order chi connectivity index (χ0) is 41.0. The SMILES string of the molecule is c1ccc(-c2ccccc2-c2ccc(-n3c4ccccc4c4cc(-c5ccc(-c6ccc7ccccc7c6)cc5)ccc43)cc2)c(-c2ccc(-c3nc4ccccc4o3)cc2)c1. The van der Waals surface area contributed by atoms with Gasteiger partial charge in [0.25, 0.3) is 0 Å². The monoisotopic (exact) mass is 790 g/mol. The summed E-state index contributed by atoms with van der Waals surface area (Å²) in [4.78, 5) is 4.71. The van der Waals surface area contributed by atoms with Gasteiger partial charge in [0.2, 0.25) is 5.89 Å². The molecule has 0 spiro atoms. The van der Waals surface area contributed by atoms with E-state index < -0.39 is 0 Å². The highest BCUT2D eigenvalue weighted by molar-refractivity contribution is 6.10. The highest BCUT2D eigenvalue weighted by atomic mass is 16.3. The number of benzene rings is 10. The van der Waals surface area contributed by atoms with Crippen LogP contribution in [0.1, 0.15) is 0 Å². The molecule has 0 saturated carbocycles. The van der Waals surface area contributed by atoms with Crippen LogP contribution >= 0.6 is 0 Å². The van der Waals surface area contributed by atoms with Crippen LogP contribution < -0.4 is 0 Å². The van der Waals surface area contributed by atoms with E-state index in [0.29, 0.717) is 5.89 Å². The second-order valence-electron chi connectivity index (χ2n) is 15.9. The molecule has 3 nitrogen and oxygen atoms in total. The van der Waals surface area contributed by atoms with Crippen LogP contribution in [0.25, 0.3) is 116 Å². The highest BCUT2D eigenvalue weighted by Crippen LogP contribution is 2.40. The Balaban J connectivity index is 0.863. The van der Waals surface area contributed by atoms with E-state index in [4.69, 9.17) is 9.40 Å². The third kappa shape index (κ3) is 6.18. The summed E-state index contributed by atoms with van der Waals surface area (Å²) in [6, 6.07) is 82.7. The van der Waals surface area contributed by atoms with Crippen molar-refractivity contribution in [3.8, 4) is 72.8 Å². The summed E-state index contributed by atoms with van der Waals surface area (Å²) in [5, 5.41) is 5.00. The maximum atomic E-state index is 6.06. The Morgan fingerprint density at radius 1 is 0.323 bits per heavy atom. The molecule has 12 rings (SSSR count). The molecule has 0 bridgehead atoms. The van der Waals surface area contributed by atoms with E-state index in [1.807, 2.05) is 24.3 Å². The number of rotatable bonds is 7. The fourth-order valence-electron chi connectivity index (χ4n) is 9.17. The average Bonchev–Trinajstić information content (AvgIpc) is 3.94. The van der Waals surface area contributed by atoms with Crippen LogP contribution in [0, 0.1) is 0 Å². The first-order valence-electron chi connectivity index (χ1n) is 21.1. The first kappa shape index (κ1) is 35.7. The van der Waals surface area contributed by atoms with Crippen LogP contribution in [0.2, 0.25) is 0 Å². The lowest BCUT2D eigenvalue weighted by Crippen LogP contribution is -1.94. The number of nitrogens with zero attached hydrogens (tertiary/aromatic N) is 2. The lowest BCUT2D eigenvalue weighted by Gasteiger charge is -2.15. The Labute approximate surface area is 359 Å². The number of hydrogen-bond acceptors (Lipinski definition) is 2. The zero-order valence-corrected chi connectivity index (χ0v) is 33.7. The van der Waals surface area contributed by atoms with Crippen LogP contribution in [0.4, 0.5) is 0 Å². The maximum Gasteiger partial charge on any atom is 0.227 e. The van der Waals surface area contributed by atoms with Gasteiger partial charge < -0.3 is 8.98 Å². The van der Waals surface area contributed by atoms with Gasteiger partial charge in [-0.25, -0.2) is 4.98 Å². The van der Waals surface area contributed by atoms with E-state index >= 15 is 0 Å². The molecular formula is C59H38N2O. The highest BCUT2D eigenvalue weighted by Gasteiger charge is 2.16. The molecule has 0 atom stereocenters. The Kier molecular flexibility index (Phi) is 8.50. The molecule has 0 N–H and O–H groups in total. The molecule has 0 aliphatic carbocycles. The van der Waals surface area contributed by atoms with Crippen molar-refractivity contribution in [1.82, 2.24) is 9.55 Å². The summed E-state index contributed by atoms with van der Waals surface area (Å²) in [7, 11) is 0. The molecule has 0 unspecified atom stereocenters. The zero-order valence-electron chi connectivity index (χ0n) is 33.7. The summed E-state index contributed by atoms with van der Waals surface area (Å²) in [5.74, 6) is 0.629. The molecule has 290 valence electrons. The van der Waals surface area contributed by atoms with E-state index in [0.717, 1.165) is 27.9 Å². The Morgan fingerprint density at radius 3 is 1.53 bits per heavy atom. The van der Waals surface area contributed by atoms with Crippen molar-refractivity contribution < 1.29 is 4.42 Å². The third-order valence-electron chi connectivity index (χ3n) is 12.3. The van der Waals surface area contributed by atoms with Gasteiger partial charge in [-0.15, -0.1) is 0 Å². The minimum absolute atomic E-state index is 0.629. The molecule has 12 aromatic rings. The second kappa shape index (κ2) is 14.8. The second-order valence-corrected chi connectivity index (χ2v) is 15.9. The Morgan fingerprint density at radius 2 is 0.823 bits per heavy atom. The van der Waals surface area contributed by atoms with Crippen LogP contribution in [-0.2, 0) is 0 Å². The molecule has 62 heavy (non-hydrogen) atoms. The molecule has 0 fully saturated rings. The van der Waals surface area contributed by atoms with Crippen molar-refractivity contribution in [2.75, 3.05) is 0 Å². The van der Waals surface area contributed by atoms with Gasteiger partial charge in [-0.3, -0.25) is 0 Å². The van der Waals surface area contributed by atoms with Gasteiger partial charge in [0.05, 0.1) is 11.0 Å². The number of fused-ring (bicyclic) bond motifs is 5. The van der Waals surface area contributed by atoms with Crippen molar-refractivity contribution >= 4 is 43.7 Å². The molecule has 0 radical (unpaired) electrons. The molecule has 10 aromatic carbocycles. The maximum absolute atomic E-state index is 6.06. The smallest absolute Gasteiger partial charge is 0.227 e. The lowest BCUT2D eigenvalue weighted by molar-refractivity contribution is 0.620. The summed E-state index contributed by atoms with van der Waals surface area (Å²) >= 11 is 0. The number of oxazole rings is 1. The van der Waals surface area contributed by atoms with Gasteiger partial charge in [-0.1, -0.05) is 170 Å². The van der Waals surface area contributed by atoms with Crippen molar-refractivity contribution in [2.24, 2.45) is 0 Å².